The first-order valence-electron chi connectivity index (χ1n) is 6.95. The van der Waals surface area contributed by atoms with Gasteiger partial charge in [0.2, 0.25) is 0 Å². The van der Waals surface area contributed by atoms with Gasteiger partial charge in [-0.25, -0.2) is 0 Å². The highest BCUT2D eigenvalue weighted by Gasteiger charge is 2.22. The first-order chi connectivity index (χ1) is 10.2. The normalized spacial score (nSPS) is 16.4. The number of methoxy groups -OCH3 is 2. The molecule has 3 nitrogen and oxygen atoms in total. The van der Waals surface area contributed by atoms with Crippen LogP contribution in [0.25, 0.3) is 0 Å². The number of hydrogen-bond donors (Lipinski definition) is 1. The molecule has 1 atom stereocenters. The molecule has 4 heteroatoms. The van der Waals surface area contributed by atoms with Gasteiger partial charge in [-0.1, -0.05) is 17.7 Å². The number of hydrogen-bond acceptors (Lipinski definition) is 3. The van der Waals surface area contributed by atoms with Crippen molar-refractivity contribution in [1.29, 1.82) is 0 Å². The van der Waals surface area contributed by atoms with Crippen molar-refractivity contribution in [1.82, 2.24) is 0 Å². The Hall–Kier alpha value is -1.87. The van der Waals surface area contributed by atoms with E-state index in [0.29, 0.717) is 6.04 Å². The van der Waals surface area contributed by atoms with E-state index >= 15 is 0 Å². The van der Waals surface area contributed by atoms with Gasteiger partial charge in [0.15, 0.2) is 0 Å². The number of nitrogens with one attached hydrogen (secondary N) is 1. The molecule has 0 spiro atoms. The Kier molecular flexibility index (Phi) is 3.93. The molecule has 1 aliphatic carbocycles. The van der Waals surface area contributed by atoms with E-state index in [4.69, 9.17) is 21.1 Å². The smallest absolute Gasteiger partial charge is 0.142 e. The summed E-state index contributed by atoms with van der Waals surface area (Å²) in [5, 5.41) is 4.35. The molecule has 0 saturated carbocycles. The maximum Gasteiger partial charge on any atom is 0.142 e. The second kappa shape index (κ2) is 5.86. The van der Waals surface area contributed by atoms with E-state index in [1.807, 2.05) is 24.3 Å². The SMILES string of the molecule is COc1ccc(OC)c(NC2Cc3ccc(Cl)cc3C2)c1. The first-order valence-corrected chi connectivity index (χ1v) is 7.33. The van der Waals surface area contributed by atoms with Crippen LogP contribution in [-0.4, -0.2) is 20.3 Å². The molecule has 0 heterocycles. The van der Waals surface area contributed by atoms with Crippen LogP contribution >= 0.6 is 11.6 Å². The van der Waals surface area contributed by atoms with Gasteiger partial charge >= 0.3 is 0 Å². The fraction of sp³-hybridized carbons (Fsp3) is 0.294. The molecule has 1 unspecified atom stereocenters. The van der Waals surface area contributed by atoms with E-state index in [1.54, 1.807) is 14.2 Å². The van der Waals surface area contributed by atoms with Gasteiger partial charge in [-0.2, -0.15) is 0 Å². The van der Waals surface area contributed by atoms with Crippen LogP contribution in [0.4, 0.5) is 5.69 Å². The average Bonchev–Trinajstić information content (AvgIpc) is 2.88. The summed E-state index contributed by atoms with van der Waals surface area (Å²) in [5.74, 6) is 1.64. The minimum atomic E-state index is 0.347. The van der Waals surface area contributed by atoms with Crippen LogP contribution in [0.15, 0.2) is 36.4 Å². The van der Waals surface area contributed by atoms with E-state index in [2.05, 4.69) is 17.4 Å². The van der Waals surface area contributed by atoms with Gasteiger partial charge in [0.1, 0.15) is 11.5 Å². The van der Waals surface area contributed by atoms with E-state index in [-0.39, 0.29) is 0 Å². The number of ether oxygens (including phenoxy) is 2. The van der Waals surface area contributed by atoms with Crippen LogP contribution < -0.4 is 14.8 Å². The molecule has 3 rings (SSSR count). The lowest BCUT2D eigenvalue weighted by atomic mass is 10.1. The third-order valence-corrected chi connectivity index (χ3v) is 4.10. The number of benzene rings is 2. The van der Waals surface area contributed by atoms with Crippen LogP contribution in [0.5, 0.6) is 11.5 Å². The second-order valence-corrected chi connectivity index (χ2v) is 5.67. The van der Waals surface area contributed by atoms with Crippen molar-refractivity contribution in [3.8, 4) is 11.5 Å². The van der Waals surface area contributed by atoms with E-state index < -0.39 is 0 Å². The molecule has 0 amide bonds. The molecule has 2 aromatic rings. The van der Waals surface area contributed by atoms with Crippen molar-refractivity contribution in [3.63, 3.8) is 0 Å². The zero-order valence-corrected chi connectivity index (χ0v) is 12.9. The fourth-order valence-corrected chi connectivity index (χ4v) is 3.03. The number of halogens is 1. The molecule has 0 bridgehead atoms. The minimum absolute atomic E-state index is 0.347. The summed E-state index contributed by atoms with van der Waals surface area (Å²) in [7, 11) is 3.34. The van der Waals surface area contributed by atoms with Crippen LogP contribution in [0.3, 0.4) is 0 Å². The van der Waals surface area contributed by atoms with Crippen LogP contribution in [-0.2, 0) is 12.8 Å². The summed E-state index contributed by atoms with van der Waals surface area (Å²) in [4.78, 5) is 0. The lowest BCUT2D eigenvalue weighted by Crippen LogP contribution is -2.19. The van der Waals surface area contributed by atoms with Crippen LogP contribution in [0.2, 0.25) is 5.02 Å². The maximum atomic E-state index is 6.06. The Labute approximate surface area is 129 Å². The molecule has 21 heavy (non-hydrogen) atoms. The molecule has 0 radical (unpaired) electrons. The Morgan fingerprint density at radius 3 is 2.57 bits per heavy atom. The third kappa shape index (κ3) is 2.93. The Morgan fingerprint density at radius 1 is 1.00 bits per heavy atom. The molecular formula is C17H18ClNO2. The van der Waals surface area contributed by atoms with Gasteiger partial charge in [0.25, 0.3) is 0 Å². The Bertz CT molecular complexity index is 657. The molecule has 0 aliphatic heterocycles. The average molecular weight is 304 g/mol. The minimum Gasteiger partial charge on any atom is -0.497 e. The molecular weight excluding hydrogens is 286 g/mol. The number of fused-ring (bicyclic) bond motifs is 1. The summed E-state index contributed by atoms with van der Waals surface area (Å²) in [6.45, 7) is 0. The summed E-state index contributed by atoms with van der Waals surface area (Å²) >= 11 is 6.06. The molecule has 110 valence electrons. The van der Waals surface area contributed by atoms with Gasteiger partial charge in [0, 0.05) is 17.1 Å². The van der Waals surface area contributed by atoms with Gasteiger partial charge in [-0.15, -0.1) is 0 Å². The second-order valence-electron chi connectivity index (χ2n) is 5.23. The third-order valence-electron chi connectivity index (χ3n) is 3.87. The summed E-state index contributed by atoms with van der Waals surface area (Å²) < 4.78 is 10.7. The number of anilines is 1. The van der Waals surface area contributed by atoms with Crippen LogP contribution in [0.1, 0.15) is 11.1 Å². The Balaban J connectivity index is 1.79. The highest BCUT2D eigenvalue weighted by atomic mass is 35.5. The quantitative estimate of drug-likeness (QED) is 0.928. The summed E-state index contributed by atoms with van der Waals surface area (Å²) in [5.41, 5.74) is 3.64. The van der Waals surface area contributed by atoms with Gasteiger partial charge in [0.05, 0.1) is 19.9 Å². The van der Waals surface area contributed by atoms with Crippen molar-refractivity contribution in [3.05, 3.63) is 52.5 Å². The lowest BCUT2D eigenvalue weighted by molar-refractivity contribution is 0.404. The highest BCUT2D eigenvalue weighted by Crippen LogP contribution is 2.32. The Morgan fingerprint density at radius 2 is 1.81 bits per heavy atom. The van der Waals surface area contributed by atoms with Gasteiger partial charge in [-0.3, -0.25) is 0 Å². The summed E-state index contributed by atoms with van der Waals surface area (Å²) in [6.07, 6.45) is 1.96. The lowest BCUT2D eigenvalue weighted by Gasteiger charge is -2.17. The monoisotopic (exact) mass is 303 g/mol. The summed E-state index contributed by atoms with van der Waals surface area (Å²) in [6, 6.07) is 12.3. The topological polar surface area (TPSA) is 30.5 Å². The van der Waals surface area contributed by atoms with E-state index in [0.717, 1.165) is 35.1 Å². The largest absolute Gasteiger partial charge is 0.497 e. The van der Waals surface area contributed by atoms with E-state index in [1.165, 1.54) is 11.1 Å². The molecule has 0 saturated heterocycles. The first kappa shape index (κ1) is 14.1. The zero-order chi connectivity index (χ0) is 14.8. The van der Waals surface area contributed by atoms with E-state index in [9.17, 15) is 0 Å². The van der Waals surface area contributed by atoms with Gasteiger partial charge in [-0.05, 0) is 48.2 Å². The molecule has 1 aliphatic rings. The molecule has 0 aromatic heterocycles. The van der Waals surface area contributed by atoms with Crippen molar-refractivity contribution in [2.45, 2.75) is 18.9 Å². The molecule has 1 N–H and O–H groups in total. The van der Waals surface area contributed by atoms with Gasteiger partial charge < -0.3 is 14.8 Å². The van der Waals surface area contributed by atoms with Crippen molar-refractivity contribution in [2.75, 3.05) is 19.5 Å². The zero-order valence-electron chi connectivity index (χ0n) is 12.2. The van der Waals surface area contributed by atoms with Crippen molar-refractivity contribution >= 4 is 17.3 Å². The van der Waals surface area contributed by atoms with Crippen LogP contribution in [0, 0.1) is 0 Å². The fourth-order valence-electron chi connectivity index (χ4n) is 2.84. The number of rotatable bonds is 4. The standard InChI is InChI=1S/C17H18ClNO2/c1-20-15-5-6-17(21-2)16(10-15)19-14-8-11-3-4-13(18)7-12(11)9-14/h3-7,10,14,19H,8-9H2,1-2H3. The van der Waals surface area contributed by atoms with Crippen molar-refractivity contribution in [2.24, 2.45) is 0 Å². The maximum absolute atomic E-state index is 6.06. The highest BCUT2D eigenvalue weighted by molar-refractivity contribution is 6.30. The molecule has 0 fully saturated rings. The predicted molar refractivity (Wildman–Crippen MR) is 85.8 cm³/mol. The van der Waals surface area contributed by atoms with Crippen molar-refractivity contribution < 1.29 is 9.47 Å². The molecule has 2 aromatic carbocycles. The predicted octanol–water partition coefficient (Wildman–Crippen LogP) is 3.94.